The molecule has 0 aliphatic carbocycles. The molecule has 3 aliphatic heterocycles. The molecule has 220 valence electrons. The van der Waals surface area contributed by atoms with Crippen molar-refractivity contribution in [2.45, 2.75) is 75.4 Å². The number of carbonyl (C=O) groups is 1. The number of halogens is 1. The van der Waals surface area contributed by atoms with Gasteiger partial charge in [0.15, 0.2) is 0 Å². The Morgan fingerprint density at radius 3 is 2.57 bits per heavy atom. The van der Waals surface area contributed by atoms with E-state index in [1.165, 1.54) is 31.5 Å². The van der Waals surface area contributed by atoms with Crippen molar-refractivity contribution in [2.24, 2.45) is 0 Å². The first-order valence-corrected chi connectivity index (χ1v) is 15.3. The second-order valence-corrected chi connectivity index (χ2v) is 12.4. The maximum Gasteiger partial charge on any atom is 0.260 e. The van der Waals surface area contributed by atoms with Gasteiger partial charge in [0, 0.05) is 37.4 Å². The third kappa shape index (κ3) is 4.68. The lowest BCUT2D eigenvalue weighted by atomic mass is 9.70. The molecule has 4 aromatic rings. The SMILES string of the molecule is COc1n[nH]cc1C(=O)N1CCC(CCN2C3CCC2CC(n2c(C)nc4ccccc42)C3)(c2cccc(F)c2)CC1. The maximum absolute atomic E-state index is 14.5. The molecule has 2 atom stereocenters. The molecule has 0 saturated carbocycles. The fourth-order valence-corrected chi connectivity index (χ4v) is 8.19. The molecule has 8 nitrogen and oxygen atoms in total. The Morgan fingerprint density at radius 1 is 1.07 bits per heavy atom. The molecular weight excluding hydrogens is 531 g/mol. The molecule has 2 unspecified atom stereocenters. The van der Waals surface area contributed by atoms with Gasteiger partial charge >= 0.3 is 0 Å². The van der Waals surface area contributed by atoms with E-state index in [0.29, 0.717) is 42.7 Å². The number of para-hydroxylation sites is 2. The maximum atomic E-state index is 14.5. The first kappa shape index (κ1) is 27.1. The van der Waals surface area contributed by atoms with Gasteiger partial charge in [0.1, 0.15) is 17.2 Å². The van der Waals surface area contributed by atoms with E-state index in [9.17, 15) is 9.18 Å². The minimum Gasteiger partial charge on any atom is -0.479 e. The van der Waals surface area contributed by atoms with Crippen molar-refractivity contribution in [3.63, 3.8) is 0 Å². The molecule has 3 aliphatic rings. The van der Waals surface area contributed by atoms with Crippen molar-refractivity contribution in [1.82, 2.24) is 29.5 Å². The fourth-order valence-electron chi connectivity index (χ4n) is 8.19. The number of likely N-dealkylation sites (tertiary alicyclic amines) is 1. The van der Waals surface area contributed by atoms with E-state index in [-0.39, 0.29) is 17.1 Å². The van der Waals surface area contributed by atoms with Crippen LogP contribution >= 0.6 is 0 Å². The van der Waals surface area contributed by atoms with Crippen molar-refractivity contribution in [1.29, 1.82) is 0 Å². The van der Waals surface area contributed by atoms with Crippen LogP contribution in [0.5, 0.6) is 5.88 Å². The van der Waals surface area contributed by atoms with Crippen LogP contribution in [0.15, 0.2) is 54.7 Å². The van der Waals surface area contributed by atoms with Crippen molar-refractivity contribution in [3.05, 3.63) is 77.5 Å². The molecule has 42 heavy (non-hydrogen) atoms. The van der Waals surface area contributed by atoms with Crippen LogP contribution in [0.3, 0.4) is 0 Å². The first-order valence-electron chi connectivity index (χ1n) is 15.3. The first-order chi connectivity index (χ1) is 20.5. The summed E-state index contributed by atoms with van der Waals surface area (Å²) < 4.78 is 22.3. The van der Waals surface area contributed by atoms with Crippen molar-refractivity contribution >= 4 is 16.9 Å². The number of hydrogen-bond donors (Lipinski definition) is 1. The molecule has 7 rings (SSSR count). The minimum atomic E-state index is -0.197. The average Bonchev–Trinajstić information content (AvgIpc) is 3.68. The molecule has 2 aromatic heterocycles. The topological polar surface area (TPSA) is 79.3 Å². The summed E-state index contributed by atoms with van der Waals surface area (Å²) in [4.78, 5) is 22.8. The van der Waals surface area contributed by atoms with E-state index in [2.05, 4.69) is 56.9 Å². The highest BCUT2D eigenvalue weighted by Gasteiger charge is 2.44. The Balaban J connectivity index is 1.08. The summed E-state index contributed by atoms with van der Waals surface area (Å²) in [6, 6.07) is 17.2. The van der Waals surface area contributed by atoms with Crippen molar-refractivity contribution in [2.75, 3.05) is 26.7 Å². The number of imidazole rings is 1. The fraction of sp³-hybridized carbons (Fsp3) is 0.485. The molecule has 1 N–H and O–H groups in total. The number of rotatable bonds is 7. The molecule has 1 amide bonds. The number of aromatic nitrogens is 4. The molecule has 2 aromatic carbocycles. The van der Waals surface area contributed by atoms with Gasteiger partial charge in [0.2, 0.25) is 5.88 Å². The summed E-state index contributed by atoms with van der Waals surface area (Å²) in [7, 11) is 1.52. The number of H-pyrrole nitrogens is 1. The lowest BCUT2D eigenvalue weighted by molar-refractivity contribution is 0.0604. The normalized spacial score (nSPS) is 23.9. The van der Waals surface area contributed by atoms with Gasteiger partial charge in [-0.3, -0.25) is 14.8 Å². The Bertz CT molecular complexity index is 1570. The molecular formula is C33H39FN6O2. The Kier molecular flexibility index (Phi) is 7.00. The largest absolute Gasteiger partial charge is 0.479 e. The highest BCUT2D eigenvalue weighted by molar-refractivity contribution is 5.96. The number of hydrogen-bond acceptors (Lipinski definition) is 5. The van der Waals surface area contributed by atoms with E-state index < -0.39 is 0 Å². The monoisotopic (exact) mass is 570 g/mol. The number of nitrogens with zero attached hydrogens (tertiary/aromatic N) is 5. The standard InChI is InChI=1S/C33H39FN6O2/c1-22-36-29-8-3-4-9-30(29)40(22)27-19-25-10-11-26(20-27)39(25)17-14-33(23-6-5-7-24(34)18-23)12-15-38(16-13-33)32(41)28-21-35-37-31(28)42-2/h3-9,18,21,25-27H,10-17,19-20H2,1-2H3,(H,35,37). The zero-order valence-electron chi connectivity index (χ0n) is 24.4. The van der Waals surface area contributed by atoms with Gasteiger partial charge in [-0.15, -0.1) is 5.10 Å². The third-order valence-corrected chi connectivity index (χ3v) is 10.3. The third-order valence-electron chi connectivity index (χ3n) is 10.3. The lowest BCUT2D eigenvalue weighted by Gasteiger charge is -2.45. The number of nitrogens with one attached hydrogen (secondary N) is 1. The molecule has 9 heteroatoms. The lowest BCUT2D eigenvalue weighted by Crippen LogP contribution is -2.49. The number of carbonyl (C=O) groups excluding carboxylic acids is 1. The summed E-state index contributed by atoms with van der Waals surface area (Å²) in [5.41, 5.74) is 3.66. The Labute approximate surface area is 245 Å². The number of fused-ring (bicyclic) bond motifs is 3. The van der Waals surface area contributed by atoms with Gasteiger partial charge < -0.3 is 14.2 Å². The zero-order chi connectivity index (χ0) is 28.8. The zero-order valence-corrected chi connectivity index (χ0v) is 24.4. The van der Waals surface area contributed by atoms with Gasteiger partial charge in [-0.05, 0) is 93.7 Å². The van der Waals surface area contributed by atoms with Crippen LogP contribution in [0.4, 0.5) is 4.39 Å². The number of aryl methyl sites for hydroxylation is 1. The minimum absolute atomic E-state index is 0.0733. The van der Waals surface area contributed by atoms with Crippen LogP contribution in [0.2, 0.25) is 0 Å². The molecule has 3 fully saturated rings. The number of methoxy groups -OCH3 is 1. The average molecular weight is 571 g/mol. The summed E-state index contributed by atoms with van der Waals surface area (Å²) in [5, 5.41) is 6.77. The smallest absolute Gasteiger partial charge is 0.260 e. The summed E-state index contributed by atoms with van der Waals surface area (Å²) in [6.07, 6.45) is 8.90. The quantitative estimate of drug-likeness (QED) is 0.311. The Hall–Kier alpha value is -3.72. The van der Waals surface area contributed by atoms with Crippen LogP contribution in [0.1, 0.15) is 72.7 Å². The van der Waals surface area contributed by atoms with Crippen LogP contribution in [-0.4, -0.2) is 74.3 Å². The second-order valence-electron chi connectivity index (χ2n) is 12.4. The van der Waals surface area contributed by atoms with Gasteiger partial charge in [0.25, 0.3) is 5.91 Å². The highest BCUT2D eigenvalue weighted by atomic mass is 19.1. The number of ether oxygens (including phenoxy) is 1. The van der Waals surface area contributed by atoms with E-state index in [4.69, 9.17) is 9.72 Å². The van der Waals surface area contributed by atoms with E-state index >= 15 is 0 Å². The van der Waals surface area contributed by atoms with E-state index in [1.807, 2.05) is 11.0 Å². The van der Waals surface area contributed by atoms with Gasteiger partial charge in [-0.1, -0.05) is 24.3 Å². The molecule has 0 spiro atoms. The number of piperidine rings is 2. The number of benzene rings is 2. The molecule has 3 saturated heterocycles. The summed E-state index contributed by atoms with van der Waals surface area (Å²) in [6.45, 7) is 4.36. The molecule has 2 bridgehead atoms. The van der Waals surface area contributed by atoms with Crippen LogP contribution < -0.4 is 4.74 Å². The van der Waals surface area contributed by atoms with E-state index in [1.54, 1.807) is 12.3 Å². The van der Waals surface area contributed by atoms with Gasteiger partial charge in [-0.2, -0.15) is 0 Å². The molecule has 5 heterocycles. The van der Waals surface area contributed by atoms with Gasteiger partial charge in [-0.25, -0.2) is 9.37 Å². The number of amides is 1. The van der Waals surface area contributed by atoms with Crippen molar-refractivity contribution < 1.29 is 13.9 Å². The van der Waals surface area contributed by atoms with E-state index in [0.717, 1.165) is 55.6 Å². The van der Waals surface area contributed by atoms with Crippen LogP contribution in [-0.2, 0) is 5.41 Å². The predicted octanol–water partition coefficient (Wildman–Crippen LogP) is 5.65. The molecule has 0 radical (unpaired) electrons. The summed E-state index contributed by atoms with van der Waals surface area (Å²) in [5.74, 6) is 1.15. The number of aromatic amines is 1. The highest BCUT2D eigenvalue weighted by Crippen LogP contribution is 2.45. The van der Waals surface area contributed by atoms with Crippen molar-refractivity contribution in [3.8, 4) is 5.88 Å². The second kappa shape index (κ2) is 10.8. The Morgan fingerprint density at radius 2 is 1.83 bits per heavy atom. The summed E-state index contributed by atoms with van der Waals surface area (Å²) >= 11 is 0. The van der Waals surface area contributed by atoms with Crippen LogP contribution in [0.25, 0.3) is 11.0 Å². The van der Waals surface area contributed by atoms with Gasteiger partial charge in [0.05, 0.1) is 18.1 Å². The van der Waals surface area contributed by atoms with Crippen LogP contribution in [0, 0.1) is 12.7 Å². The predicted molar refractivity (Wildman–Crippen MR) is 159 cm³/mol.